The van der Waals surface area contributed by atoms with E-state index in [0.717, 1.165) is 10.2 Å². The average molecular weight is 325 g/mol. The van der Waals surface area contributed by atoms with Crippen molar-refractivity contribution in [3.63, 3.8) is 0 Å². The third-order valence-corrected chi connectivity index (χ3v) is 3.48. The zero-order valence-corrected chi connectivity index (χ0v) is 12.8. The zero-order chi connectivity index (χ0) is 13.8. The zero-order valence-electron chi connectivity index (χ0n) is 11.3. The number of rotatable bonds is 5. The van der Waals surface area contributed by atoms with Gasteiger partial charge in [-0.25, -0.2) is 0 Å². The summed E-state index contributed by atoms with van der Waals surface area (Å²) in [5.41, 5.74) is 2.17. The lowest BCUT2D eigenvalue weighted by molar-refractivity contribution is 0.112. The number of hydrogen-bond acceptors (Lipinski definition) is 3. The van der Waals surface area contributed by atoms with Gasteiger partial charge in [0.25, 0.3) is 0 Å². The maximum absolute atomic E-state index is 5.37. The Morgan fingerprint density at radius 3 is 2.74 bits per heavy atom. The van der Waals surface area contributed by atoms with Gasteiger partial charge in [0.1, 0.15) is 0 Å². The van der Waals surface area contributed by atoms with Crippen molar-refractivity contribution in [2.24, 2.45) is 0 Å². The summed E-state index contributed by atoms with van der Waals surface area (Å²) in [5.74, 6) is 0.605. The summed E-state index contributed by atoms with van der Waals surface area (Å²) in [4.78, 5) is 0. The first-order valence-electron chi connectivity index (χ1n) is 6.03. The molecule has 0 aliphatic heterocycles. The molecule has 1 aromatic heterocycles. The van der Waals surface area contributed by atoms with Crippen molar-refractivity contribution < 1.29 is 9.47 Å². The number of ether oxygens (including phenoxy) is 2. The Balaban J connectivity index is 2.30. The smallest absolute Gasteiger partial charge is 0.232 e. The molecule has 0 bridgehead atoms. The molecule has 0 aliphatic carbocycles. The highest BCUT2D eigenvalue weighted by molar-refractivity contribution is 9.10. The molecule has 0 amide bonds. The van der Waals surface area contributed by atoms with Crippen molar-refractivity contribution in [1.29, 1.82) is 0 Å². The van der Waals surface area contributed by atoms with Crippen LogP contribution < -0.4 is 4.74 Å². The number of aromatic nitrogens is 2. The van der Waals surface area contributed by atoms with Crippen LogP contribution in [-0.2, 0) is 11.3 Å². The second-order valence-electron chi connectivity index (χ2n) is 4.28. The lowest BCUT2D eigenvalue weighted by atomic mass is 10.2. The predicted octanol–water partition coefficient (Wildman–Crippen LogP) is 3.41. The minimum Gasteiger partial charge on any atom is -0.480 e. The summed E-state index contributed by atoms with van der Waals surface area (Å²) < 4.78 is 13.5. The van der Waals surface area contributed by atoms with E-state index in [4.69, 9.17) is 9.47 Å². The molecule has 1 aromatic carbocycles. The van der Waals surface area contributed by atoms with E-state index in [1.165, 1.54) is 5.56 Å². The average Bonchev–Trinajstić information content (AvgIpc) is 2.81. The molecule has 2 rings (SSSR count). The Morgan fingerprint density at radius 1 is 1.32 bits per heavy atom. The molecule has 0 fully saturated rings. The van der Waals surface area contributed by atoms with Gasteiger partial charge in [-0.05, 0) is 24.6 Å². The summed E-state index contributed by atoms with van der Waals surface area (Å²) in [6, 6.07) is 10.1. The molecule has 102 valence electrons. The van der Waals surface area contributed by atoms with Crippen LogP contribution in [-0.4, -0.2) is 24.0 Å². The second kappa shape index (κ2) is 6.21. The minimum atomic E-state index is -0.0245. The topological polar surface area (TPSA) is 36.3 Å². The van der Waals surface area contributed by atoms with Crippen LogP contribution >= 0.6 is 15.9 Å². The minimum absolute atomic E-state index is 0.0245. The largest absolute Gasteiger partial charge is 0.480 e. The van der Waals surface area contributed by atoms with E-state index in [-0.39, 0.29) is 6.10 Å². The van der Waals surface area contributed by atoms with Gasteiger partial charge in [0.2, 0.25) is 5.88 Å². The molecule has 0 spiro atoms. The van der Waals surface area contributed by atoms with Crippen LogP contribution in [0.2, 0.25) is 0 Å². The summed E-state index contributed by atoms with van der Waals surface area (Å²) >= 11 is 3.48. The standard InChI is InChI=1S/C14H17BrN2O2/c1-10(18-2)13-8-14(19-3)16-17(13)9-11-5-4-6-12(15)7-11/h4-8,10H,9H2,1-3H3. The predicted molar refractivity (Wildman–Crippen MR) is 77.4 cm³/mol. The maximum Gasteiger partial charge on any atom is 0.232 e. The van der Waals surface area contributed by atoms with E-state index in [1.807, 2.05) is 29.8 Å². The molecule has 1 heterocycles. The highest BCUT2D eigenvalue weighted by Crippen LogP contribution is 2.22. The third kappa shape index (κ3) is 3.36. The van der Waals surface area contributed by atoms with Gasteiger partial charge < -0.3 is 9.47 Å². The van der Waals surface area contributed by atoms with Crippen LogP contribution in [0, 0.1) is 0 Å². The van der Waals surface area contributed by atoms with E-state index in [9.17, 15) is 0 Å². The Kier molecular flexibility index (Phi) is 4.61. The van der Waals surface area contributed by atoms with E-state index >= 15 is 0 Å². The second-order valence-corrected chi connectivity index (χ2v) is 5.19. The Bertz CT molecular complexity index is 554. The van der Waals surface area contributed by atoms with Crippen LogP contribution in [0.4, 0.5) is 0 Å². The van der Waals surface area contributed by atoms with Crippen molar-refractivity contribution in [2.45, 2.75) is 19.6 Å². The van der Waals surface area contributed by atoms with Gasteiger partial charge in [-0.15, -0.1) is 5.10 Å². The Hall–Kier alpha value is -1.33. The number of hydrogen-bond donors (Lipinski definition) is 0. The molecular formula is C14H17BrN2O2. The third-order valence-electron chi connectivity index (χ3n) is 2.99. The van der Waals surface area contributed by atoms with Gasteiger partial charge in [0.15, 0.2) is 0 Å². The number of nitrogens with zero attached hydrogens (tertiary/aromatic N) is 2. The quantitative estimate of drug-likeness (QED) is 0.845. The number of methoxy groups -OCH3 is 2. The molecule has 4 nitrogen and oxygen atoms in total. The van der Waals surface area contributed by atoms with Gasteiger partial charge in [-0.1, -0.05) is 28.1 Å². The summed E-state index contributed by atoms with van der Waals surface area (Å²) in [6.07, 6.45) is -0.0245. The van der Waals surface area contributed by atoms with Crippen LogP contribution in [0.25, 0.3) is 0 Å². The molecule has 0 N–H and O–H groups in total. The van der Waals surface area contributed by atoms with Crippen molar-refractivity contribution in [1.82, 2.24) is 9.78 Å². The first-order chi connectivity index (χ1) is 9.13. The SMILES string of the molecule is COc1cc(C(C)OC)n(Cc2cccc(Br)c2)n1. The fourth-order valence-corrected chi connectivity index (χ4v) is 2.34. The fraction of sp³-hybridized carbons (Fsp3) is 0.357. The lowest BCUT2D eigenvalue weighted by Crippen LogP contribution is -2.09. The summed E-state index contributed by atoms with van der Waals surface area (Å²) in [7, 11) is 3.31. The van der Waals surface area contributed by atoms with Crippen molar-refractivity contribution in [3.05, 3.63) is 46.1 Å². The van der Waals surface area contributed by atoms with E-state index in [1.54, 1.807) is 14.2 Å². The van der Waals surface area contributed by atoms with E-state index in [2.05, 4.69) is 33.2 Å². The molecule has 5 heteroatoms. The molecule has 1 atom stereocenters. The fourth-order valence-electron chi connectivity index (χ4n) is 1.89. The normalized spacial score (nSPS) is 12.4. The molecule has 2 aromatic rings. The summed E-state index contributed by atoms with van der Waals surface area (Å²) in [5, 5.41) is 4.42. The van der Waals surface area contributed by atoms with Gasteiger partial charge >= 0.3 is 0 Å². The molecular weight excluding hydrogens is 308 g/mol. The van der Waals surface area contributed by atoms with Crippen molar-refractivity contribution in [2.75, 3.05) is 14.2 Å². The van der Waals surface area contributed by atoms with Gasteiger partial charge in [-0.3, -0.25) is 4.68 Å². The van der Waals surface area contributed by atoms with Crippen LogP contribution in [0.15, 0.2) is 34.8 Å². The first kappa shape index (κ1) is 14.1. The van der Waals surface area contributed by atoms with Crippen LogP contribution in [0.5, 0.6) is 5.88 Å². The molecule has 0 saturated carbocycles. The summed E-state index contributed by atoms with van der Waals surface area (Å²) in [6.45, 7) is 2.68. The lowest BCUT2D eigenvalue weighted by Gasteiger charge is -2.12. The van der Waals surface area contributed by atoms with Crippen molar-refractivity contribution in [3.8, 4) is 5.88 Å². The molecule has 0 saturated heterocycles. The van der Waals surface area contributed by atoms with Gasteiger partial charge in [0, 0.05) is 17.6 Å². The highest BCUT2D eigenvalue weighted by atomic mass is 79.9. The molecule has 0 aliphatic rings. The monoisotopic (exact) mass is 324 g/mol. The molecule has 1 unspecified atom stereocenters. The highest BCUT2D eigenvalue weighted by Gasteiger charge is 2.14. The first-order valence-corrected chi connectivity index (χ1v) is 6.82. The Morgan fingerprint density at radius 2 is 2.11 bits per heavy atom. The molecule has 0 radical (unpaired) electrons. The van der Waals surface area contributed by atoms with E-state index in [0.29, 0.717) is 12.4 Å². The number of benzene rings is 1. The van der Waals surface area contributed by atoms with Crippen molar-refractivity contribution >= 4 is 15.9 Å². The Labute approximate surface area is 121 Å². The van der Waals surface area contributed by atoms with Crippen LogP contribution in [0.1, 0.15) is 24.3 Å². The molecule has 19 heavy (non-hydrogen) atoms. The van der Waals surface area contributed by atoms with Crippen LogP contribution in [0.3, 0.4) is 0 Å². The maximum atomic E-state index is 5.37. The van der Waals surface area contributed by atoms with E-state index < -0.39 is 0 Å². The number of halogens is 1. The van der Waals surface area contributed by atoms with Gasteiger partial charge in [0.05, 0.1) is 25.5 Å². The van der Waals surface area contributed by atoms with Gasteiger partial charge in [-0.2, -0.15) is 0 Å².